The molecule has 4 rings (SSSR count). The monoisotopic (exact) mass is 323 g/mol. The molecule has 2 aliphatic heterocycles. The molecule has 0 amide bonds. The molecule has 1 fully saturated rings. The summed E-state index contributed by atoms with van der Waals surface area (Å²) in [6.07, 6.45) is 2.09. The predicted octanol–water partition coefficient (Wildman–Crippen LogP) is 3.29. The van der Waals surface area contributed by atoms with Crippen molar-refractivity contribution in [2.24, 2.45) is 0 Å². The second kappa shape index (κ2) is 6.67. The molecule has 4 heteroatoms. The number of morpholine rings is 1. The minimum atomic E-state index is -0.125. The molecule has 2 heterocycles. The van der Waals surface area contributed by atoms with Crippen molar-refractivity contribution in [3.8, 4) is 11.5 Å². The molecule has 0 aliphatic carbocycles. The fraction of sp³-hybridized carbons (Fsp3) is 0.300. The van der Waals surface area contributed by atoms with Gasteiger partial charge in [0.1, 0.15) is 0 Å². The van der Waals surface area contributed by atoms with E-state index in [1.165, 1.54) is 11.1 Å². The van der Waals surface area contributed by atoms with Crippen molar-refractivity contribution in [3.63, 3.8) is 0 Å². The van der Waals surface area contributed by atoms with Gasteiger partial charge in [-0.25, -0.2) is 0 Å². The second-order valence-corrected chi connectivity index (χ2v) is 5.96. The summed E-state index contributed by atoms with van der Waals surface area (Å²) in [5, 5.41) is 0. The highest BCUT2D eigenvalue weighted by Gasteiger charge is 2.31. The Morgan fingerprint density at radius 1 is 1.00 bits per heavy atom. The Morgan fingerprint density at radius 3 is 2.54 bits per heavy atom. The van der Waals surface area contributed by atoms with E-state index in [0.29, 0.717) is 0 Å². The molecule has 24 heavy (non-hydrogen) atoms. The number of nitrogens with zero attached hydrogens (tertiary/aromatic N) is 1. The first kappa shape index (κ1) is 15.2. The number of rotatable bonds is 3. The van der Waals surface area contributed by atoms with Crippen LogP contribution in [0.3, 0.4) is 0 Å². The smallest absolute Gasteiger partial charge is 0.179 e. The molecule has 1 unspecified atom stereocenters. The lowest BCUT2D eigenvalue weighted by Crippen LogP contribution is -2.47. The SMILES string of the molecule is COc1cccc2c1OC(N1CCOCC1)C(c1ccccc1)=C2. The average molecular weight is 323 g/mol. The Hall–Kier alpha value is -2.30. The van der Waals surface area contributed by atoms with E-state index in [2.05, 4.69) is 41.3 Å². The number of ether oxygens (including phenoxy) is 3. The third-order valence-corrected chi connectivity index (χ3v) is 4.52. The zero-order valence-electron chi connectivity index (χ0n) is 13.8. The van der Waals surface area contributed by atoms with Crippen LogP contribution in [0.5, 0.6) is 11.5 Å². The molecule has 0 N–H and O–H groups in total. The number of fused-ring (bicyclic) bond motifs is 1. The first-order valence-corrected chi connectivity index (χ1v) is 8.29. The van der Waals surface area contributed by atoms with Crippen molar-refractivity contribution in [2.75, 3.05) is 33.4 Å². The fourth-order valence-electron chi connectivity index (χ4n) is 3.29. The van der Waals surface area contributed by atoms with Crippen molar-refractivity contribution < 1.29 is 14.2 Å². The molecule has 2 aromatic rings. The normalized spacial score (nSPS) is 20.7. The number of hydrogen-bond acceptors (Lipinski definition) is 4. The van der Waals surface area contributed by atoms with Crippen molar-refractivity contribution >= 4 is 11.6 Å². The molecule has 4 nitrogen and oxygen atoms in total. The summed E-state index contributed by atoms with van der Waals surface area (Å²) in [5.74, 6) is 1.59. The molecule has 2 aromatic carbocycles. The first-order chi connectivity index (χ1) is 11.9. The molecule has 0 saturated carbocycles. The van der Waals surface area contributed by atoms with Crippen LogP contribution >= 0.6 is 0 Å². The first-order valence-electron chi connectivity index (χ1n) is 8.29. The molecule has 124 valence electrons. The summed E-state index contributed by atoms with van der Waals surface area (Å²) in [7, 11) is 1.68. The maximum absolute atomic E-state index is 6.44. The topological polar surface area (TPSA) is 30.9 Å². The Kier molecular flexibility index (Phi) is 4.24. The maximum Gasteiger partial charge on any atom is 0.179 e. The standard InChI is InChI=1S/C20H21NO3/c1-22-18-9-5-8-16-14-17(15-6-3-2-4-7-15)20(24-19(16)18)21-10-12-23-13-11-21/h2-9,14,20H,10-13H2,1H3. The molecule has 0 spiro atoms. The Bertz CT molecular complexity index is 736. The van der Waals surface area contributed by atoms with Crippen LogP contribution in [-0.2, 0) is 4.74 Å². The number of benzene rings is 2. The highest BCUT2D eigenvalue weighted by molar-refractivity contribution is 5.88. The highest BCUT2D eigenvalue weighted by Crippen LogP contribution is 2.41. The van der Waals surface area contributed by atoms with Gasteiger partial charge in [0.05, 0.1) is 20.3 Å². The largest absolute Gasteiger partial charge is 0.493 e. The van der Waals surface area contributed by atoms with Crippen molar-refractivity contribution in [1.29, 1.82) is 0 Å². The van der Waals surface area contributed by atoms with Gasteiger partial charge >= 0.3 is 0 Å². The minimum absolute atomic E-state index is 0.125. The van der Waals surface area contributed by atoms with Crippen LogP contribution < -0.4 is 9.47 Å². The van der Waals surface area contributed by atoms with E-state index in [4.69, 9.17) is 14.2 Å². The number of hydrogen-bond donors (Lipinski definition) is 0. The summed E-state index contributed by atoms with van der Waals surface area (Å²) in [5.41, 5.74) is 3.42. The van der Waals surface area contributed by atoms with Gasteiger partial charge in [0.2, 0.25) is 0 Å². The molecule has 0 radical (unpaired) electrons. The van der Waals surface area contributed by atoms with E-state index in [0.717, 1.165) is 43.4 Å². The van der Waals surface area contributed by atoms with Gasteiger partial charge in [0.25, 0.3) is 0 Å². The lowest BCUT2D eigenvalue weighted by Gasteiger charge is -2.38. The Labute approximate surface area is 142 Å². The third-order valence-electron chi connectivity index (χ3n) is 4.52. The fourth-order valence-corrected chi connectivity index (χ4v) is 3.29. The summed E-state index contributed by atoms with van der Waals surface area (Å²) in [6, 6.07) is 16.4. The lowest BCUT2D eigenvalue weighted by atomic mass is 9.97. The van der Waals surface area contributed by atoms with E-state index in [1.807, 2.05) is 18.2 Å². The maximum atomic E-state index is 6.44. The predicted molar refractivity (Wildman–Crippen MR) is 94.1 cm³/mol. The quantitative estimate of drug-likeness (QED) is 0.867. The van der Waals surface area contributed by atoms with E-state index >= 15 is 0 Å². The lowest BCUT2D eigenvalue weighted by molar-refractivity contribution is -0.0226. The van der Waals surface area contributed by atoms with Crippen LogP contribution in [-0.4, -0.2) is 44.5 Å². The van der Waals surface area contributed by atoms with Gasteiger partial charge < -0.3 is 14.2 Å². The average Bonchev–Trinajstić information content (AvgIpc) is 2.68. The van der Waals surface area contributed by atoms with E-state index in [9.17, 15) is 0 Å². The van der Waals surface area contributed by atoms with Crippen LogP contribution in [0.2, 0.25) is 0 Å². The summed E-state index contributed by atoms with van der Waals surface area (Å²) in [6.45, 7) is 3.19. The van der Waals surface area contributed by atoms with Crippen molar-refractivity contribution in [3.05, 3.63) is 59.7 Å². The van der Waals surface area contributed by atoms with Crippen LogP contribution in [0.4, 0.5) is 0 Å². The molecule has 1 atom stereocenters. The summed E-state index contributed by atoms with van der Waals surface area (Å²) < 4.78 is 17.4. The minimum Gasteiger partial charge on any atom is -0.493 e. The molecular weight excluding hydrogens is 302 g/mol. The number of methoxy groups -OCH3 is 1. The second-order valence-electron chi connectivity index (χ2n) is 5.96. The number of para-hydroxylation sites is 1. The molecule has 1 saturated heterocycles. The van der Waals surface area contributed by atoms with Gasteiger partial charge in [-0.05, 0) is 17.7 Å². The van der Waals surface area contributed by atoms with Crippen LogP contribution in [0.15, 0.2) is 48.5 Å². The Morgan fingerprint density at radius 2 is 1.79 bits per heavy atom. The zero-order valence-corrected chi connectivity index (χ0v) is 13.8. The zero-order chi connectivity index (χ0) is 16.4. The van der Waals surface area contributed by atoms with Crippen molar-refractivity contribution in [2.45, 2.75) is 6.23 Å². The highest BCUT2D eigenvalue weighted by atomic mass is 16.5. The van der Waals surface area contributed by atoms with E-state index < -0.39 is 0 Å². The van der Waals surface area contributed by atoms with Gasteiger partial charge in [-0.2, -0.15) is 0 Å². The van der Waals surface area contributed by atoms with Gasteiger partial charge in [-0.3, -0.25) is 4.90 Å². The molecular formula is C20H21NO3. The molecule has 2 aliphatic rings. The van der Waals surface area contributed by atoms with Crippen LogP contribution in [0.1, 0.15) is 11.1 Å². The summed E-state index contributed by atoms with van der Waals surface area (Å²) >= 11 is 0. The van der Waals surface area contributed by atoms with Gasteiger partial charge in [0, 0.05) is 24.2 Å². The Balaban J connectivity index is 1.79. The van der Waals surface area contributed by atoms with Crippen molar-refractivity contribution in [1.82, 2.24) is 4.90 Å². The van der Waals surface area contributed by atoms with Gasteiger partial charge in [-0.1, -0.05) is 42.5 Å². The van der Waals surface area contributed by atoms with Gasteiger partial charge in [0.15, 0.2) is 17.7 Å². The molecule has 0 aromatic heterocycles. The van der Waals surface area contributed by atoms with Crippen LogP contribution in [0.25, 0.3) is 11.6 Å². The third kappa shape index (κ3) is 2.79. The van der Waals surface area contributed by atoms with Gasteiger partial charge in [-0.15, -0.1) is 0 Å². The van der Waals surface area contributed by atoms with E-state index in [-0.39, 0.29) is 6.23 Å². The van der Waals surface area contributed by atoms with E-state index in [1.54, 1.807) is 7.11 Å². The molecule has 0 bridgehead atoms. The summed E-state index contributed by atoms with van der Waals surface area (Å²) in [4.78, 5) is 2.33. The van der Waals surface area contributed by atoms with Crippen LogP contribution in [0, 0.1) is 0 Å².